The highest BCUT2D eigenvalue weighted by atomic mass is 16.3. The fourth-order valence-corrected chi connectivity index (χ4v) is 4.29. The van der Waals surface area contributed by atoms with Gasteiger partial charge in [0.1, 0.15) is 6.34 Å². The Morgan fingerprint density at radius 3 is 2.67 bits per heavy atom. The smallest absolute Gasteiger partial charge is 0.125 e. The number of allylic oxidation sites excluding steroid dienone is 3. The fraction of sp³-hybridized carbons (Fsp3) is 0.100. The van der Waals surface area contributed by atoms with Crippen molar-refractivity contribution in [2.24, 2.45) is 9.98 Å². The Morgan fingerprint density at radius 2 is 1.79 bits per heavy atom. The van der Waals surface area contributed by atoms with Crippen molar-refractivity contribution in [3.63, 3.8) is 0 Å². The zero-order valence-electron chi connectivity index (χ0n) is 12.6. The summed E-state index contributed by atoms with van der Waals surface area (Å²) >= 11 is 0. The normalized spacial score (nSPS) is 22.5. The molecule has 4 heteroatoms. The van der Waals surface area contributed by atoms with Gasteiger partial charge < -0.3 is 4.42 Å². The molecule has 1 aliphatic heterocycles. The van der Waals surface area contributed by atoms with Crippen LogP contribution in [0.4, 0.5) is 0 Å². The van der Waals surface area contributed by atoms with Gasteiger partial charge in [0.2, 0.25) is 0 Å². The van der Waals surface area contributed by atoms with E-state index in [1.165, 1.54) is 27.8 Å². The van der Waals surface area contributed by atoms with Crippen LogP contribution in [0.1, 0.15) is 34.1 Å². The van der Waals surface area contributed by atoms with Crippen molar-refractivity contribution in [2.45, 2.75) is 11.8 Å². The first-order valence-electron chi connectivity index (χ1n) is 7.90. The van der Waals surface area contributed by atoms with Crippen LogP contribution in [0.25, 0.3) is 10.8 Å². The summed E-state index contributed by atoms with van der Waals surface area (Å²) in [6.45, 7) is 0. The summed E-state index contributed by atoms with van der Waals surface area (Å²) in [5.74, 6) is 3.22. The molecule has 4 nitrogen and oxygen atoms in total. The maximum absolute atomic E-state index is 5.40. The number of benzene rings is 1. The van der Waals surface area contributed by atoms with E-state index in [9.17, 15) is 0 Å². The molecule has 2 atom stereocenters. The standard InChI is InChI=1S/C20H11N3O/c1-3-21-7-17-13(1)18-14-2-4-22-10-23-20(14)19(17)16-6-12-9-24-8-11(12)5-15(16)18/h1-3,5-10,18-19H. The van der Waals surface area contributed by atoms with Gasteiger partial charge in [-0.25, -0.2) is 4.99 Å². The molecule has 2 bridgehead atoms. The molecule has 3 heterocycles. The molecule has 4 aliphatic rings. The molecule has 0 fully saturated rings. The summed E-state index contributed by atoms with van der Waals surface area (Å²) in [6.07, 6.45) is 11.0. The lowest BCUT2D eigenvalue weighted by molar-refractivity contribution is 0.572. The van der Waals surface area contributed by atoms with Crippen molar-refractivity contribution in [3.05, 3.63) is 82.7 Å². The third kappa shape index (κ3) is 1.37. The summed E-state index contributed by atoms with van der Waals surface area (Å²) in [4.78, 5) is 13.1. The van der Waals surface area contributed by atoms with Crippen molar-refractivity contribution in [1.82, 2.24) is 4.98 Å². The highest BCUT2D eigenvalue weighted by Gasteiger charge is 2.43. The van der Waals surface area contributed by atoms with Gasteiger partial charge in [0.05, 0.1) is 24.1 Å². The summed E-state index contributed by atoms with van der Waals surface area (Å²) in [5, 5.41) is 2.26. The van der Waals surface area contributed by atoms with Gasteiger partial charge in [-0.1, -0.05) is 0 Å². The molecule has 0 N–H and O–H groups in total. The van der Waals surface area contributed by atoms with E-state index in [1.807, 2.05) is 24.7 Å². The second-order valence-corrected chi connectivity index (χ2v) is 6.34. The van der Waals surface area contributed by atoms with Crippen LogP contribution >= 0.6 is 0 Å². The first-order chi connectivity index (χ1) is 11.9. The number of fused-ring (bicyclic) bond motifs is 1. The minimum Gasteiger partial charge on any atom is -0.471 e. The molecule has 0 radical (unpaired) electrons. The van der Waals surface area contributed by atoms with Crippen molar-refractivity contribution in [2.75, 3.05) is 0 Å². The van der Waals surface area contributed by atoms with Crippen LogP contribution in [0.5, 0.6) is 0 Å². The second kappa shape index (κ2) is 4.19. The van der Waals surface area contributed by atoms with E-state index in [4.69, 9.17) is 4.42 Å². The topological polar surface area (TPSA) is 50.8 Å². The minimum atomic E-state index is 0.0885. The Bertz CT molecular complexity index is 1160. The Kier molecular flexibility index (Phi) is 2.13. The van der Waals surface area contributed by atoms with Crippen molar-refractivity contribution in [1.29, 1.82) is 0 Å². The van der Waals surface area contributed by atoms with Gasteiger partial charge in [-0.2, -0.15) is 4.99 Å². The van der Waals surface area contributed by atoms with Gasteiger partial charge >= 0.3 is 0 Å². The minimum absolute atomic E-state index is 0.0885. The molecule has 24 heavy (non-hydrogen) atoms. The number of aromatic nitrogens is 1. The Hall–Kier alpha value is -3.23. The molecule has 0 saturated heterocycles. The Labute approximate surface area is 137 Å². The maximum Gasteiger partial charge on any atom is 0.125 e. The predicted octanol–water partition coefficient (Wildman–Crippen LogP) is 3.94. The number of hydrogen-bond donors (Lipinski definition) is 0. The molecule has 0 spiro atoms. The van der Waals surface area contributed by atoms with Gasteiger partial charge in [-0.3, -0.25) is 4.98 Å². The maximum atomic E-state index is 5.40. The molecular formula is C20H11N3O. The quantitative estimate of drug-likeness (QED) is 0.631. The number of pyridine rings is 1. The highest BCUT2D eigenvalue weighted by molar-refractivity contribution is 5.87. The molecule has 0 amide bonds. The second-order valence-electron chi connectivity index (χ2n) is 6.34. The number of rotatable bonds is 0. The summed E-state index contributed by atoms with van der Waals surface area (Å²) in [7, 11) is 0. The van der Waals surface area contributed by atoms with Gasteiger partial charge in [-0.15, -0.1) is 0 Å². The summed E-state index contributed by atoms with van der Waals surface area (Å²) in [5.41, 5.74) is 7.40. The van der Waals surface area contributed by atoms with Gasteiger partial charge in [0.25, 0.3) is 0 Å². The van der Waals surface area contributed by atoms with Crippen LogP contribution in [-0.4, -0.2) is 17.2 Å². The van der Waals surface area contributed by atoms with E-state index < -0.39 is 0 Å². The number of aliphatic imine (C=N–C) groups is 2. The van der Waals surface area contributed by atoms with Crippen molar-refractivity contribution in [3.8, 4) is 0 Å². The molecule has 0 saturated carbocycles. The molecule has 7 rings (SSSR count). The average molecular weight is 309 g/mol. The van der Waals surface area contributed by atoms with Gasteiger partial charge in [0.15, 0.2) is 0 Å². The third-order valence-corrected chi connectivity index (χ3v) is 5.24. The predicted molar refractivity (Wildman–Crippen MR) is 91.7 cm³/mol. The van der Waals surface area contributed by atoms with E-state index in [-0.39, 0.29) is 11.8 Å². The fourth-order valence-electron chi connectivity index (χ4n) is 4.29. The number of nitrogens with zero attached hydrogens (tertiary/aromatic N) is 3. The van der Waals surface area contributed by atoms with Gasteiger partial charge in [0, 0.05) is 35.2 Å². The van der Waals surface area contributed by atoms with Crippen LogP contribution in [0.15, 0.2) is 74.9 Å². The molecule has 2 aromatic heterocycles. The molecule has 1 aromatic carbocycles. The van der Waals surface area contributed by atoms with E-state index in [2.05, 4.69) is 39.0 Å². The first-order valence-corrected chi connectivity index (χ1v) is 7.90. The van der Waals surface area contributed by atoms with Crippen LogP contribution < -0.4 is 0 Å². The number of hydrogen-bond acceptors (Lipinski definition) is 4. The zero-order valence-corrected chi connectivity index (χ0v) is 12.6. The summed E-state index contributed by atoms with van der Waals surface area (Å²) in [6, 6.07) is 6.61. The molecule has 112 valence electrons. The van der Waals surface area contributed by atoms with E-state index in [0.29, 0.717) is 0 Å². The van der Waals surface area contributed by atoms with Crippen LogP contribution in [0, 0.1) is 0 Å². The Balaban J connectivity index is 1.76. The van der Waals surface area contributed by atoms with E-state index in [1.54, 1.807) is 12.6 Å². The molecule has 3 aromatic rings. The largest absolute Gasteiger partial charge is 0.471 e. The first kappa shape index (κ1) is 12.2. The van der Waals surface area contributed by atoms with E-state index in [0.717, 1.165) is 16.5 Å². The van der Waals surface area contributed by atoms with Gasteiger partial charge in [-0.05, 0) is 51.9 Å². The monoisotopic (exact) mass is 309 g/mol. The molecule has 2 unspecified atom stereocenters. The molecule has 3 aliphatic carbocycles. The van der Waals surface area contributed by atoms with Crippen LogP contribution in [0.2, 0.25) is 0 Å². The SMILES string of the molecule is C1=CC2=C(N=CN=1)C1c3cnccc3C2c2cc3cocc3cc21. The van der Waals surface area contributed by atoms with Crippen LogP contribution in [0.3, 0.4) is 0 Å². The lowest BCUT2D eigenvalue weighted by Gasteiger charge is -2.40. The summed E-state index contributed by atoms with van der Waals surface area (Å²) < 4.78 is 5.40. The van der Waals surface area contributed by atoms with E-state index >= 15 is 0 Å². The third-order valence-electron chi connectivity index (χ3n) is 5.24. The van der Waals surface area contributed by atoms with Crippen molar-refractivity contribution >= 4 is 23.0 Å². The Morgan fingerprint density at radius 1 is 0.958 bits per heavy atom. The van der Waals surface area contributed by atoms with Crippen molar-refractivity contribution < 1.29 is 4.42 Å². The molecular weight excluding hydrogens is 298 g/mol. The average Bonchev–Trinajstić information content (AvgIpc) is 2.93. The number of furan rings is 1. The lowest BCUT2D eigenvalue weighted by Crippen LogP contribution is -2.27. The zero-order chi connectivity index (χ0) is 15.7. The van der Waals surface area contributed by atoms with Crippen LogP contribution in [-0.2, 0) is 0 Å². The highest BCUT2D eigenvalue weighted by Crippen LogP contribution is 2.56. The lowest BCUT2D eigenvalue weighted by atomic mass is 9.63.